The van der Waals surface area contributed by atoms with Crippen molar-refractivity contribution in [3.63, 3.8) is 0 Å². The summed E-state index contributed by atoms with van der Waals surface area (Å²) in [5, 5.41) is 12.6. The third-order valence-corrected chi connectivity index (χ3v) is 5.92. The van der Waals surface area contributed by atoms with Crippen LogP contribution < -0.4 is 0 Å². The van der Waals surface area contributed by atoms with Crippen molar-refractivity contribution in [1.29, 1.82) is 0 Å². The molecule has 32 heavy (non-hydrogen) atoms. The average Bonchev–Trinajstić information content (AvgIpc) is 2.79. The van der Waals surface area contributed by atoms with E-state index >= 15 is 0 Å². The Morgan fingerprint density at radius 2 is 1.12 bits per heavy atom. The molecule has 160 valence electrons. The van der Waals surface area contributed by atoms with Crippen LogP contribution in [0.3, 0.4) is 0 Å². The van der Waals surface area contributed by atoms with Crippen LogP contribution >= 0.6 is 0 Å². The van der Waals surface area contributed by atoms with E-state index in [0.29, 0.717) is 5.71 Å². The van der Waals surface area contributed by atoms with E-state index in [1.165, 1.54) is 0 Å². The lowest BCUT2D eigenvalue weighted by molar-refractivity contribution is 0.156. The molecule has 1 N–H and O–H groups in total. The molecule has 0 bridgehead atoms. The molecular formula is C30H29NO. The Labute approximate surface area is 190 Å². The summed E-state index contributed by atoms with van der Waals surface area (Å²) in [6, 6.07) is 32.3. The Bertz CT molecular complexity index is 1210. The first-order chi connectivity index (χ1) is 15.4. The van der Waals surface area contributed by atoms with Gasteiger partial charge in [-0.1, -0.05) is 108 Å². The fraction of sp³-hybridized carbons (Fsp3) is 0.167. The first kappa shape index (κ1) is 21.7. The highest BCUT2D eigenvalue weighted by Crippen LogP contribution is 2.37. The van der Waals surface area contributed by atoms with Gasteiger partial charge >= 0.3 is 0 Å². The van der Waals surface area contributed by atoms with Gasteiger partial charge in [-0.25, -0.2) is 4.99 Å². The van der Waals surface area contributed by atoms with Crippen molar-refractivity contribution in [3.05, 3.63) is 136 Å². The van der Waals surface area contributed by atoms with Crippen molar-refractivity contribution in [2.45, 2.75) is 33.3 Å². The minimum atomic E-state index is -1.42. The van der Waals surface area contributed by atoms with Gasteiger partial charge < -0.3 is 5.11 Å². The number of nitrogens with zero attached hydrogens (tertiary/aromatic N) is 1. The molecule has 0 saturated heterocycles. The second-order valence-electron chi connectivity index (χ2n) is 8.52. The lowest BCUT2D eigenvalue weighted by atomic mass is 9.78. The topological polar surface area (TPSA) is 32.6 Å². The lowest BCUT2D eigenvalue weighted by Gasteiger charge is -2.32. The fourth-order valence-corrected chi connectivity index (χ4v) is 4.22. The molecule has 0 heterocycles. The van der Waals surface area contributed by atoms with E-state index in [1.807, 2.05) is 98.8 Å². The zero-order valence-corrected chi connectivity index (χ0v) is 19.1. The third-order valence-electron chi connectivity index (χ3n) is 5.92. The van der Waals surface area contributed by atoms with Gasteiger partial charge in [0, 0.05) is 0 Å². The second-order valence-corrected chi connectivity index (χ2v) is 8.52. The van der Waals surface area contributed by atoms with Crippen molar-refractivity contribution in [2.24, 2.45) is 4.99 Å². The van der Waals surface area contributed by atoms with Gasteiger partial charge in [0.1, 0.15) is 0 Å². The maximum atomic E-state index is 12.6. The number of hydrogen-bond acceptors (Lipinski definition) is 2. The number of aliphatic hydroxyl groups is 1. The SMILES string of the molecule is Cc1cccc(C(O)(C(=Nc2c(C)cccc2C)c2ccccc2)c2cccc(C)c2)c1. The van der Waals surface area contributed by atoms with E-state index in [0.717, 1.165) is 44.6 Å². The predicted molar refractivity (Wildman–Crippen MR) is 134 cm³/mol. The highest BCUT2D eigenvalue weighted by Gasteiger charge is 2.39. The maximum Gasteiger partial charge on any atom is 0.157 e. The molecule has 4 aromatic rings. The quantitative estimate of drug-likeness (QED) is 0.348. The van der Waals surface area contributed by atoms with Gasteiger partial charge in [-0.15, -0.1) is 0 Å². The molecule has 0 spiro atoms. The Kier molecular flexibility index (Phi) is 6.07. The summed E-state index contributed by atoms with van der Waals surface area (Å²) in [6.45, 7) is 8.22. The normalized spacial score (nSPS) is 12.1. The molecule has 0 aromatic heterocycles. The largest absolute Gasteiger partial charge is 0.374 e. The molecule has 0 aliphatic carbocycles. The second kappa shape index (κ2) is 8.94. The van der Waals surface area contributed by atoms with Crippen molar-refractivity contribution in [2.75, 3.05) is 0 Å². The van der Waals surface area contributed by atoms with Crippen molar-refractivity contribution >= 4 is 11.4 Å². The van der Waals surface area contributed by atoms with E-state index in [1.54, 1.807) is 0 Å². The molecular weight excluding hydrogens is 390 g/mol. The Hall–Kier alpha value is -3.49. The Morgan fingerprint density at radius 3 is 1.62 bits per heavy atom. The molecule has 0 saturated carbocycles. The van der Waals surface area contributed by atoms with Gasteiger partial charge in [0.2, 0.25) is 0 Å². The fourth-order valence-electron chi connectivity index (χ4n) is 4.22. The van der Waals surface area contributed by atoms with Gasteiger partial charge in [0.05, 0.1) is 11.4 Å². The highest BCUT2D eigenvalue weighted by molar-refractivity contribution is 6.10. The van der Waals surface area contributed by atoms with Crippen LogP contribution in [0.5, 0.6) is 0 Å². The molecule has 4 rings (SSSR count). The van der Waals surface area contributed by atoms with Crippen LogP contribution in [-0.4, -0.2) is 10.8 Å². The van der Waals surface area contributed by atoms with Crippen LogP contribution in [0.25, 0.3) is 0 Å². The number of aryl methyl sites for hydroxylation is 4. The molecule has 0 atom stereocenters. The number of benzene rings is 4. The standard InChI is InChI=1S/C30H29NO/c1-21-11-8-17-26(19-21)30(32,27-18-9-12-22(2)20-27)29(25-15-6-5-7-16-25)31-28-23(3)13-10-14-24(28)4/h5-20,32H,1-4H3. The van der Waals surface area contributed by atoms with Crippen molar-refractivity contribution < 1.29 is 5.11 Å². The molecule has 0 aliphatic heterocycles. The smallest absolute Gasteiger partial charge is 0.157 e. The maximum absolute atomic E-state index is 12.6. The van der Waals surface area contributed by atoms with E-state index in [9.17, 15) is 5.11 Å². The van der Waals surface area contributed by atoms with Crippen molar-refractivity contribution in [1.82, 2.24) is 0 Å². The van der Waals surface area contributed by atoms with Crippen LogP contribution in [0.4, 0.5) is 5.69 Å². The third kappa shape index (κ3) is 4.15. The van der Waals surface area contributed by atoms with Crippen LogP contribution in [-0.2, 0) is 5.60 Å². The zero-order chi connectivity index (χ0) is 22.7. The molecule has 0 radical (unpaired) electrons. The number of para-hydroxylation sites is 1. The van der Waals surface area contributed by atoms with E-state index in [2.05, 4.69) is 26.0 Å². The van der Waals surface area contributed by atoms with Crippen LogP contribution in [0.1, 0.15) is 38.9 Å². The number of hydrogen-bond donors (Lipinski definition) is 1. The highest BCUT2D eigenvalue weighted by atomic mass is 16.3. The molecule has 0 fully saturated rings. The summed E-state index contributed by atoms with van der Waals surface area (Å²) in [6.07, 6.45) is 0. The van der Waals surface area contributed by atoms with Gasteiger partial charge in [-0.05, 0) is 55.5 Å². The summed E-state index contributed by atoms with van der Waals surface area (Å²) in [7, 11) is 0. The molecule has 2 heteroatoms. The van der Waals surface area contributed by atoms with Gasteiger partial charge in [-0.3, -0.25) is 0 Å². The first-order valence-electron chi connectivity index (χ1n) is 11.0. The minimum Gasteiger partial charge on any atom is -0.374 e. The van der Waals surface area contributed by atoms with Crippen LogP contribution in [0.15, 0.2) is 102 Å². The van der Waals surface area contributed by atoms with Crippen LogP contribution in [0, 0.1) is 27.7 Å². The van der Waals surface area contributed by atoms with Gasteiger partial charge in [0.15, 0.2) is 5.60 Å². The molecule has 0 amide bonds. The molecule has 0 aliphatic rings. The van der Waals surface area contributed by atoms with Crippen LogP contribution in [0.2, 0.25) is 0 Å². The van der Waals surface area contributed by atoms with E-state index in [-0.39, 0.29) is 0 Å². The minimum absolute atomic E-state index is 0.617. The summed E-state index contributed by atoms with van der Waals surface area (Å²) in [5.41, 5.74) is 6.92. The van der Waals surface area contributed by atoms with E-state index < -0.39 is 5.60 Å². The predicted octanol–water partition coefficient (Wildman–Crippen LogP) is 6.98. The lowest BCUT2D eigenvalue weighted by Crippen LogP contribution is -2.38. The Balaban J connectivity index is 2.10. The number of aliphatic imine (C=N–C) groups is 1. The van der Waals surface area contributed by atoms with Crippen molar-refractivity contribution in [3.8, 4) is 0 Å². The molecule has 0 unspecified atom stereocenters. The van der Waals surface area contributed by atoms with Gasteiger partial charge in [0.25, 0.3) is 0 Å². The average molecular weight is 420 g/mol. The molecule has 2 nitrogen and oxygen atoms in total. The molecule has 4 aromatic carbocycles. The summed E-state index contributed by atoms with van der Waals surface area (Å²) < 4.78 is 0. The van der Waals surface area contributed by atoms with Gasteiger partial charge in [-0.2, -0.15) is 0 Å². The Morgan fingerprint density at radius 1 is 0.625 bits per heavy atom. The monoisotopic (exact) mass is 419 g/mol. The zero-order valence-electron chi connectivity index (χ0n) is 19.1. The number of rotatable bonds is 5. The summed E-state index contributed by atoms with van der Waals surface area (Å²) in [5.74, 6) is 0. The summed E-state index contributed by atoms with van der Waals surface area (Å²) in [4.78, 5) is 5.18. The first-order valence-corrected chi connectivity index (χ1v) is 11.0. The summed E-state index contributed by atoms with van der Waals surface area (Å²) >= 11 is 0. The van der Waals surface area contributed by atoms with E-state index in [4.69, 9.17) is 4.99 Å².